The molecule has 1 aromatic rings. The number of nitrogens with two attached hydrogens (primary N) is 1. The number of rotatable bonds is 6. The van der Waals surface area contributed by atoms with Gasteiger partial charge < -0.3 is 15.3 Å². The highest BCUT2D eigenvalue weighted by Crippen LogP contribution is 2.22. The molecule has 0 unspecified atom stereocenters. The summed E-state index contributed by atoms with van der Waals surface area (Å²) in [6.07, 6.45) is 0.639. The first-order valence-corrected chi connectivity index (χ1v) is 6.00. The maximum Gasteiger partial charge on any atom is 0.405 e. The quantitative estimate of drug-likeness (QED) is 0.805. The molecule has 1 amide bonds. The van der Waals surface area contributed by atoms with Crippen LogP contribution < -0.4 is 5.73 Å². The third-order valence-corrected chi connectivity index (χ3v) is 2.71. The van der Waals surface area contributed by atoms with E-state index in [9.17, 15) is 14.0 Å². The van der Waals surface area contributed by atoms with E-state index < -0.39 is 11.7 Å². The normalized spacial score (nSPS) is 12.8. The van der Waals surface area contributed by atoms with Crippen LogP contribution in [0.5, 0.6) is 0 Å². The van der Waals surface area contributed by atoms with Gasteiger partial charge in [-0.15, -0.1) is 0 Å². The first-order valence-electron chi connectivity index (χ1n) is 6.00. The third kappa shape index (κ3) is 5.50. The van der Waals surface area contributed by atoms with Crippen LogP contribution in [0.3, 0.4) is 0 Å². The molecular formula is C14H18FNO3. The number of carbonyl (C=O) groups excluding carboxylic acids is 2. The van der Waals surface area contributed by atoms with Crippen molar-refractivity contribution in [3.8, 4) is 0 Å². The Balaban J connectivity index is 2.68. The van der Waals surface area contributed by atoms with Gasteiger partial charge >= 0.3 is 6.09 Å². The number of ether oxygens (including phenoxy) is 1. The Kier molecular flexibility index (Phi) is 5.03. The maximum absolute atomic E-state index is 13.1. The van der Waals surface area contributed by atoms with Crippen molar-refractivity contribution in [3.63, 3.8) is 0 Å². The van der Waals surface area contributed by atoms with Gasteiger partial charge in [0.2, 0.25) is 0 Å². The van der Waals surface area contributed by atoms with E-state index in [4.69, 9.17) is 10.5 Å². The predicted octanol–water partition coefficient (Wildman–Crippen LogP) is 2.45. The summed E-state index contributed by atoms with van der Waals surface area (Å²) in [4.78, 5) is 21.8. The zero-order chi connectivity index (χ0) is 14.5. The lowest BCUT2D eigenvalue weighted by molar-refractivity contribution is -0.112. The fraction of sp³-hybridized carbons (Fsp3) is 0.429. The number of amides is 1. The van der Waals surface area contributed by atoms with Gasteiger partial charge in [-0.25, -0.2) is 9.18 Å². The molecule has 1 atom stereocenters. The van der Waals surface area contributed by atoms with Gasteiger partial charge in [0.1, 0.15) is 17.7 Å². The molecule has 2 N–H and O–H groups in total. The lowest BCUT2D eigenvalue weighted by Gasteiger charge is -2.26. The summed E-state index contributed by atoms with van der Waals surface area (Å²) in [7, 11) is 0. The average Bonchev–Trinajstić information content (AvgIpc) is 2.25. The average molecular weight is 267 g/mol. The number of hydrogen-bond acceptors (Lipinski definition) is 3. The summed E-state index contributed by atoms with van der Waals surface area (Å²) >= 11 is 0. The van der Waals surface area contributed by atoms with Gasteiger partial charge in [-0.05, 0) is 44.4 Å². The Morgan fingerprint density at radius 2 is 2.21 bits per heavy atom. The van der Waals surface area contributed by atoms with Crippen LogP contribution in [-0.4, -0.2) is 18.0 Å². The van der Waals surface area contributed by atoms with Crippen LogP contribution in [0.2, 0.25) is 0 Å². The number of halogens is 1. The van der Waals surface area contributed by atoms with Crippen molar-refractivity contribution in [2.45, 2.75) is 32.3 Å². The molecule has 0 saturated carbocycles. The van der Waals surface area contributed by atoms with E-state index in [1.54, 1.807) is 26.0 Å². The van der Waals surface area contributed by atoms with Gasteiger partial charge in [-0.3, -0.25) is 0 Å². The van der Waals surface area contributed by atoms with Crippen molar-refractivity contribution in [2.24, 2.45) is 11.7 Å². The number of benzene rings is 1. The second-order valence-corrected chi connectivity index (χ2v) is 5.12. The van der Waals surface area contributed by atoms with Gasteiger partial charge in [-0.2, -0.15) is 0 Å². The first kappa shape index (κ1) is 15.1. The molecule has 0 aliphatic heterocycles. The van der Waals surface area contributed by atoms with Gasteiger partial charge in [-0.1, -0.05) is 12.1 Å². The standard InChI is InChI=1S/C14H18FNO3/c1-14(2,19-13(16)18)8-11(9-17)6-10-4-3-5-12(15)7-10/h3-5,7,9,11H,6,8H2,1-2H3,(H2,16,18)/t11-/m1/s1. The molecular weight excluding hydrogens is 249 g/mol. The maximum atomic E-state index is 13.1. The zero-order valence-corrected chi connectivity index (χ0v) is 11.1. The molecule has 0 aromatic heterocycles. The Hall–Kier alpha value is -1.91. The van der Waals surface area contributed by atoms with Crippen LogP contribution in [0.4, 0.5) is 9.18 Å². The summed E-state index contributed by atoms with van der Waals surface area (Å²) in [5.41, 5.74) is 4.87. The second-order valence-electron chi connectivity index (χ2n) is 5.12. The highest BCUT2D eigenvalue weighted by Gasteiger charge is 2.26. The first-order chi connectivity index (χ1) is 8.82. The zero-order valence-electron chi connectivity index (χ0n) is 11.1. The highest BCUT2D eigenvalue weighted by atomic mass is 19.1. The van der Waals surface area contributed by atoms with E-state index >= 15 is 0 Å². The van der Waals surface area contributed by atoms with Gasteiger partial charge in [0.05, 0.1) is 0 Å². The summed E-state index contributed by atoms with van der Waals surface area (Å²) < 4.78 is 18.0. The van der Waals surface area contributed by atoms with Crippen molar-refractivity contribution in [2.75, 3.05) is 0 Å². The van der Waals surface area contributed by atoms with Crippen molar-refractivity contribution >= 4 is 12.4 Å². The third-order valence-electron chi connectivity index (χ3n) is 2.71. The summed E-state index contributed by atoms with van der Waals surface area (Å²) in [6.45, 7) is 3.36. The molecule has 4 nitrogen and oxygen atoms in total. The molecule has 19 heavy (non-hydrogen) atoms. The van der Waals surface area contributed by atoms with Crippen LogP contribution in [0.15, 0.2) is 24.3 Å². The molecule has 5 heteroatoms. The molecule has 104 valence electrons. The van der Waals surface area contributed by atoms with E-state index in [1.807, 2.05) is 0 Å². The molecule has 0 saturated heterocycles. The fourth-order valence-corrected chi connectivity index (χ4v) is 2.08. The molecule has 0 aliphatic rings. The minimum Gasteiger partial charge on any atom is -0.444 e. The predicted molar refractivity (Wildman–Crippen MR) is 69.0 cm³/mol. The summed E-state index contributed by atoms with van der Waals surface area (Å²) in [5.74, 6) is -0.703. The van der Waals surface area contributed by atoms with Gasteiger partial charge in [0, 0.05) is 5.92 Å². The topological polar surface area (TPSA) is 69.4 Å². The van der Waals surface area contributed by atoms with E-state index in [-0.39, 0.29) is 11.7 Å². The number of primary amides is 1. The molecule has 0 aliphatic carbocycles. The Morgan fingerprint density at radius 3 is 2.74 bits per heavy atom. The summed E-state index contributed by atoms with van der Waals surface area (Å²) in [6, 6.07) is 6.08. The van der Waals surface area contributed by atoms with E-state index in [2.05, 4.69) is 0 Å². The number of carbonyl (C=O) groups is 2. The molecule has 0 spiro atoms. The molecule has 0 bridgehead atoms. The summed E-state index contributed by atoms with van der Waals surface area (Å²) in [5, 5.41) is 0. The van der Waals surface area contributed by atoms with Gasteiger partial charge in [0.25, 0.3) is 0 Å². The molecule has 0 heterocycles. The molecule has 1 aromatic carbocycles. The lowest BCUT2D eigenvalue weighted by Crippen LogP contribution is -2.34. The Morgan fingerprint density at radius 1 is 1.53 bits per heavy atom. The SMILES string of the molecule is CC(C)(C[C@H](C=O)Cc1cccc(F)c1)OC(N)=O. The monoisotopic (exact) mass is 267 g/mol. The van der Waals surface area contributed by atoms with Crippen LogP contribution in [0.1, 0.15) is 25.8 Å². The fourth-order valence-electron chi connectivity index (χ4n) is 2.08. The Bertz CT molecular complexity index is 460. The molecule has 0 fully saturated rings. The molecule has 0 radical (unpaired) electrons. The lowest BCUT2D eigenvalue weighted by atomic mass is 9.89. The second kappa shape index (κ2) is 6.31. The van der Waals surface area contributed by atoms with Crippen molar-refractivity contribution in [1.82, 2.24) is 0 Å². The number of aldehydes is 1. The van der Waals surface area contributed by atoms with Crippen molar-refractivity contribution < 1.29 is 18.7 Å². The van der Waals surface area contributed by atoms with Crippen molar-refractivity contribution in [3.05, 3.63) is 35.6 Å². The minimum atomic E-state index is -0.875. The smallest absolute Gasteiger partial charge is 0.405 e. The van der Waals surface area contributed by atoms with E-state index in [0.717, 1.165) is 11.8 Å². The Labute approximate surface area is 111 Å². The highest BCUT2D eigenvalue weighted by molar-refractivity contribution is 5.65. The van der Waals surface area contributed by atoms with Crippen LogP contribution in [0.25, 0.3) is 0 Å². The number of hydrogen-bond donors (Lipinski definition) is 1. The van der Waals surface area contributed by atoms with Crippen LogP contribution in [0, 0.1) is 11.7 Å². The molecule has 1 rings (SSSR count). The largest absolute Gasteiger partial charge is 0.444 e. The minimum absolute atomic E-state index is 0.329. The van der Waals surface area contributed by atoms with Gasteiger partial charge in [0.15, 0.2) is 0 Å². The van der Waals surface area contributed by atoms with Crippen LogP contribution in [-0.2, 0) is 16.0 Å². The van der Waals surface area contributed by atoms with E-state index in [1.165, 1.54) is 12.1 Å². The van der Waals surface area contributed by atoms with Crippen LogP contribution >= 0.6 is 0 Å². The van der Waals surface area contributed by atoms with E-state index in [0.29, 0.717) is 12.8 Å². The van der Waals surface area contributed by atoms with Crippen molar-refractivity contribution in [1.29, 1.82) is 0 Å².